The van der Waals surface area contributed by atoms with Gasteiger partial charge in [0.05, 0.1) is 12.1 Å². The number of hydrogen-bond acceptors (Lipinski definition) is 4. The molecule has 2 aromatic rings. The number of hydrogen-bond donors (Lipinski definition) is 2. The van der Waals surface area contributed by atoms with Gasteiger partial charge in [-0.15, -0.1) is 0 Å². The highest BCUT2D eigenvalue weighted by atomic mass is 32.1. The summed E-state index contributed by atoms with van der Waals surface area (Å²) in [6.07, 6.45) is 13.7. The molecule has 0 spiro atoms. The fourth-order valence-electron chi connectivity index (χ4n) is 8.73. The topological polar surface area (TPSA) is 45.2 Å². The monoisotopic (exact) mass is 675 g/mol. The van der Waals surface area contributed by atoms with E-state index in [0.717, 1.165) is 74.7 Å². The van der Waals surface area contributed by atoms with Crippen molar-refractivity contribution in [1.29, 1.82) is 0 Å². The Morgan fingerprint density at radius 2 is 1.49 bits per heavy atom. The van der Waals surface area contributed by atoms with Gasteiger partial charge in [-0.25, -0.2) is 0 Å². The van der Waals surface area contributed by atoms with E-state index in [1.807, 2.05) is 12.1 Å². The SMILES string of the molecule is CC(C)C[C@@H](CN1CCC[C@@H]1CN1C(=S)NC[C@@H]1Cc1ccccc1)N1C[C@H](Cc2ccc(O)cc2)N(CC2CCCCCC2)C1=S. The van der Waals surface area contributed by atoms with E-state index < -0.39 is 0 Å². The Hall–Kier alpha value is -2.42. The van der Waals surface area contributed by atoms with Crippen molar-refractivity contribution in [1.82, 2.24) is 24.9 Å². The van der Waals surface area contributed by atoms with Crippen LogP contribution < -0.4 is 5.32 Å². The maximum atomic E-state index is 9.94. The smallest absolute Gasteiger partial charge is 0.172 e. The molecular weight excluding hydrogens is 619 g/mol. The number of nitrogens with one attached hydrogen (secondary N) is 1. The molecule has 0 unspecified atom stereocenters. The van der Waals surface area contributed by atoms with Crippen LogP contribution in [0.4, 0.5) is 0 Å². The minimum Gasteiger partial charge on any atom is -0.508 e. The van der Waals surface area contributed by atoms with E-state index in [1.54, 1.807) is 0 Å². The van der Waals surface area contributed by atoms with Crippen molar-refractivity contribution >= 4 is 34.7 Å². The van der Waals surface area contributed by atoms with Gasteiger partial charge in [-0.2, -0.15) is 0 Å². The van der Waals surface area contributed by atoms with Crippen molar-refractivity contribution in [2.24, 2.45) is 11.8 Å². The first kappa shape index (κ1) is 34.4. The van der Waals surface area contributed by atoms with Gasteiger partial charge < -0.3 is 25.1 Å². The molecule has 1 saturated carbocycles. The van der Waals surface area contributed by atoms with Crippen LogP contribution in [0.15, 0.2) is 54.6 Å². The normalized spacial score (nSPS) is 25.2. The molecule has 4 atom stereocenters. The molecule has 2 aromatic carbocycles. The van der Waals surface area contributed by atoms with E-state index in [4.69, 9.17) is 24.4 Å². The Kier molecular flexibility index (Phi) is 12.0. The van der Waals surface area contributed by atoms with Gasteiger partial charge in [0.15, 0.2) is 10.2 Å². The second-order valence-electron chi connectivity index (χ2n) is 15.2. The molecule has 3 heterocycles. The fraction of sp³-hybridized carbons (Fsp3) is 0.641. The number of benzene rings is 2. The summed E-state index contributed by atoms with van der Waals surface area (Å²) in [5, 5.41) is 15.4. The van der Waals surface area contributed by atoms with Crippen molar-refractivity contribution in [2.75, 3.05) is 39.3 Å². The van der Waals surface area contributed by atoms with Crippen molar-refractivity contribution in [3.63, 3.8) is 0 Å². The average molecular weight is 676 g/mol. The van der Waals surface area contributed by atoms with Gasteiger partial charge in [0.2, 0.25) is 0 Å². The van der Waals surface area contributed by atoms with Crippen LogP contribution in [0.1, 0.15) is 82.8 Å². The number of phenols is 1. The molecule has 4 fully saturated rings. The van der Waals surface area contributed by atoms with Gasteiger partial charge >= 0.3 is 0 Å². The molecule has 0 amide bonds. The molecular formula is C39H57N5OS2. The Labute approximate surface area is 294 Å². The maximum absolute atomic E-state index is 9.94. The predicted molar refractivity (Wildman–Crippen MR) is 202 cm³/mol. The minimum absolute atomic E-state index is 0.335. The number of thiocarbonyl (C=S) groups is 2. The summed E-state index contributed by atoms with van der Waals surface area (Å²) in [6, 6.07) is 20.4. The Morgan fingerprint density at radius 3 is 2.21 bits per heavy atom. The van der Waals surface area contributed by atoms with Crippen LogP contribution in [-0.2, 0) is 12.8 Å². The summed E-state index contributed by atoms with van der Waals surface area (Å²) >= 11 is 12.3. The summed E-state index contributed by atoms with van der Waals surface area (Å²) < 4.78 is 0. The predicted octanol–water partition coefficient (Wildman–Crippen LogP) is 6.86. The highest BCUT2D eigenvalue weighted by Crippen LogP contribution is 2.32. The number of aromatic hydroxyl groups is 1. The molecule has 2 N–H and O–H groups in total. The molecule has 8 heteroatoms. The van der Waals surface area contributed by atoms with Gasteiger partial charge in [-0.05, 0) is 111 Å². The standard InChI is InChI=1S/C39H57N5OS2/c1-29(2)21-35(26-41-20-10-15-33(41)27-42-34(24-40-38(42)46)22-30-11-8-5-9-12-30)44-28-36(23-31-16-18-37(45)19-17-31)43(39(44)47)25-32-13-6-3-4-7-14-32/h5,8-9,11-12,16-19,29,32-36,45H,3-4,6-7,10,13-15,20-28H2,1-2H3,(H,40,46)/t33-,34+,35+,36+/m1/s1. The van der Waals surface area contributed by atoms with Crippen LogP contribution in [0.3, 0.4) is 0 Å². The highest BCUT2D eigenvalue weighted by molar-refractivity contribution is 7.80. The second-order valence-corrected chi connectivity index (χ2v) is 16.0. The van der Waals surface area contributed by atoms with Crippen LogP contribution in [0.2, 0.25) is 0 Å². The largest absolute Gasteiger partial charge is 0.508 e. The van der Waals surface area contributed by atoms with Gasteiger partial charge in [0, 0.05) is 44.8 Å². The lowest BCUT2D eigenvalue weighted by Crippen LogP contribution is -2.51. The van der Waals surface area contributed by atoms with E-state index in [0.29, 0.717) is 35.8 Å². The van der Waals surface area contributed by atoms with Gasteiger partial charge in [-0.1, -0.05) is 82.0 Å². The van der Waals surface area contributed by atoms with Gasteiger partial charge in [-0.3, -0.25) is 4.90 Å². The zero-order valence-corrected chi connectivity index (χ0v) is 30.4. The van der Waals surface area contributed by atoms with Crippen LogP contribution >= 0.6 is 24.4 Å². The van der Waals surface area contributed by atoms with E-state index in [1.165, 1.54) is 62.5 Å². The summed E-state index contributed by atoms with van der Waals surface area (Å²) in [6.45, 7) is 10.9. The third kappa shape index (κ3) is 8.98. The van der Waals surface area contributed by atoms with E-state index in [9.17, 15) is 5.11 Å². The molecule has 0 radical (unpaired) electrons. The molecule has 0 bridgehead atoms. The molecule has 6 rings (SSSR count). The molecule has 3 aliphatic heterocycles. The summed E-state index contributed by atoms with van der Waals surface area (Å²) in [5.74, 6) is 1.66. The second kappa shape index (κ2) is 16.3. The van der Waals surface area contributed by atoms with Crippen molar-refractivity contribution < 1.29 is 5.11 Å². The lowest BCUT2D eigenvalue weighted by atomic mass is 9.98. The van der Waals surface area contributed by atoms with Crippen molar-refractivity contribution in [2.45, 2.75) is 109 Å². The highest BCUT2D eigenvalue weighted by Gasteiger charge is 2.41. The Balaban J connectivity index is 1.17. The summed E-state index contributed by atoms with van der Waals surface area (Å²) in [5.41, 5.74) is 2.66. The number of phenolic OH excluding ortho intramolecular Hbond substituents is 1. The third-order valence-corrected chi connectivity index (χ3v) is 12.1. The van der Waals surface area contributed by atoms with E-state index >= 15 is 0 Å². The van der Waals surface area contributed by atoms with Gasteiger partial charge in [0.25, 0.3) is 0 Å². The van der Waals surface area contributed by atoms with Crippen LogP contribution in [0.25, 0.3) is 0 Å². The lowest BCUT2D eigenvalue weighted by Gasteiger charge is -2.38. The van der Waals surface area contributed by atoms with Crippen molar-refractivity contribution in [3.05, 3.63) is 65.7 Å². The number of likely N-dealkylation sites (tertiary alicyclic amines) is 1. The molecule has 3 saturated heterocycles. The van der Waals surface area contributed by atoms with E-state index in [2.05, 4.69) is 81.2 Å². The third-order valence-electron chi connectivity index (χ3n) is 11.2. The van der Waals surface area contributed by atoms with E-state index in [-0.39, 0.29) is 0 Å². The maximum Gasteiger partial charge on any atom is 0.172 e. The minimum atomic E-state index is 0.335. The zero-order chi connectivity index (χ0) is 32.8. The Morgan fingerprint density at radius 1 is 0.787 bits per heavy atom. The molecule has 1 aliphatic carbocycles. The first-order valence-electron chi connectivity index (χ1n) is 18.5. The quantitative estimate of drug-likeness (QED) is 0.177. The average Bonchev–Trinajstić information content (AvgIpc) is 3.65. The summed E-state index contributed by atoms with van der Waals surface area (Å²) in [4.78, 5) is 10.5. The van der Waals surface area contributed by atoms with Gasteiger partial charge in [0.1, 0.15) is 5.75 Å². The summed E-state index contributed by atoms with van der Waals surface area (Å²) in [7, 11) is 0. The molecule has 256 valence electrons. The first-order valence-corrected chi connectivity index (χ1v) is 19.3. The Bertz CT molecular complexity index is 1300. The number of nitrogens with zero attached hydrogens (tertiary/aromatic N) is 4. The molecule has 47 heavy (non-hydrogen) atoms. The zero-order valence-electron chi connectivity index (χ0n) is 28.7. The molecule has 6 nitrogen and oxygen atoms in total. The fourth-order valence-corrected chi connectivity index (χ4v) is 9.48. The molecule has 0 aromatic heterocycles. The van der Waals surface area contributed by atoms with Crippen LogP contribution in [0.5, 0.6) is 5.75 Å². The van der Waals surface area contributed by atoms with Crippen LogP contribution in [0, 0.1) is 11.8 Å². The molecule has 4 aliphatic rings. The lowest BCUT2D eigenvalue weighted by molar-refractivity contribution is 0.149. The first-order chi connectivity index (χ1) is 22.8. The van der Waals surface area contributed by atoms with Crippen LogP contribution in [-0.4, -0.2) is 98.4 Å². The number of rotatable bonds is 13. The van der Waals surface area contributed by atoms with Crippen molar-refractivity contribution in [3.8, 4) is 5.75 Å².